The maximum Gasteiger partial charge on any atom is 0.213 e. The average Bonchev–Trinajstić information content (AvgIpc) is 2.28. The molecule has 1 unspecified atom stereocenters. The molecule has 1 rings (SSSR count). The van der Waals surface area contributed by atoms with Crippen LogP contribution in [0.2, 0.25) is 0 Å². The zero-order valence-electron chi connectivity index (χ0n) is 9.19. The lowest BCUT2D eigenvalue weighted by molar-refractivity contribution is 0.126. The van der Waals surface area contributed by atoms with E-state index in [-0.39, 0.29) is 5.92 Å². The van der Waals surface area contributed by atoms with Gasteiger partial charge in [-0.3, -0.25) is 0 Å². The van der Waals surface area contributed by atoms with E-state index < -0.39 is 0 Å². The minimum Gasteiger partial charge on any atom is -0.495 e. The van der Waals surface area contributed by atoms with Crippen molar-refractivity contribution in [2.24, 2.45) is 5.90 Å². The van der Waals surface area contributed by atoms with Gasteiger partial charge < -0.3 is 14.3 Å². The number of rotatable bonds is 5. The average molecular weight is 212 g/mol. The third-order valence-electron chi connectivity index (χ3n) is 2.18. The fourth-order valence-corrected chi connectivity index (χ4v) is 1.34. The molecule has 5 nitrogen and oxygen atoms in total. The first kappa shape index (κ1) is 11.7. The first-order valence-electron chi connectivity index (χ1n) is 4.62. The molecule has 84 valence electrons. The van der Waals surface area contributed by atoms with Gasteiger partial charge in [-0.25, -0.2) is 10.9 Å². The van der Waals surface area contributed by atoms with Gasteiger partial charge in [-0.15, -0.1) is 0 Å². The van der Waals surface area contributed by atoms with E-state index in [9.17, 15) is 0 Å². The quantitative estimate of drug-likeness (QED) is 0.740. The fraction of sp³-hybridized carbons (Fsp3) is 0.500. The van der Waals surface area contributed by atoms with Gasteiger partial charge in [0.15, 0.2) is 0 Å². The van der Waals surface area contributed by atoms with Crippen molar-refractivity contribution >= 4 is 0 Å². The Kier molecular flexibility index (Phi) is 4.33. The minimum absolute atomic E-state index is 0.127. The molecule has 0 bridgehead atoms. The van der Waals surface area contributed by atoms with Gasteiger partial charge in [0.1, 0.15) is 5.75 Å². The maximum atomic E-state index is 5.20. The zero-order chi connectivity index (χ0) is 11.3. The van der Waals surface area contributed by atoms with Crippen LogP contribution in [0.4, 0.5) is 0 Å². The highest BCUT2D eigenvalue weighted by molar-refractivity contribution is 5.37. The molecule has 0 saturated carbocycles. The van der Waals surface area contributed by atoms with Crippen LogP contribution in [0.5, 0.6) is 11.6 Å². The van der Waals surface area contributed by atoms with Crippen molar-refractivity contribution < 1.29 is 14.3 Å². The summed E-state index contributed by atoms with van der Waals surface area (Å²) < 4.78 is 10.2. The number of ether oxygens (including phenoxy) is 2. The number of hydrogen-bond donors (Lipinski definition) is 1. The Morgan fingerprint density at radius 3 is 2.67 bits per heavy atom. The lowest BCUT2D eigenvalue weighted by atomic mass is 10.0. The van der Waals surface area contributed by atoms with Crippen LogP contribution in [0, 0.1) is 0 Å². The topological polar surface area (TPSA) is 66.6 Å². The van der Waals surface area contributed by atoms with E-state index in [1.165, 1.54) is 0 Å². The predicted molar refractivity (Wildman–Crippen MR) is 55.9 cm³/mol. The first-order chi connectivity index (χ1) is 7.22. The fourth-order valence-electron chi connectivity index (χ4n) is 1.34. The smallest absolute Gasteiger partial charge is 0.213 e. The number of pyridine rings is 1. The molecule has 0 aliphatic rings. The Hall–Kier alpha value is -1.33. The molecular weight excluding hydrogens is 196 g/mol. The van der Waals surface area contributed by atoms with E-state index in [2.05, 4.69) is 9.82 Å². The summed E-state index contributed by atoms with van der Waals surface area (Å²) in [6.45, 7) is 2.41. The van der Waals surface area contributed by atoms with Gasteiger partial charge >= 0.3 is 0 Å². The first-order valence-corrected chi connectivity index (χ1v) is 4.62. The van der Waals surface area contributed by atoms with Crippen LogP contribution in [0.3, 0.4) is 0 Å². The predicted octanol–water partition coefficient (Wildman–Crippen LogP) is 1.09. The molecule has 0 radical (unpaired) electrons. The second kappa shape index (κ2) is 5.53. The van der Waals surface area contributed by atoms with Crippen LogP contribution in [0.25, 0.3) is 0 Å². The molecule has 0 aliphatic carbocycles. The molecule has 1 aromatic heterocycles. The van der Waals surface area contributed by atoms with Crippen molar-refractivity contribution in [1.29, 1.82) is 0 Å². The van der Waals surface area contributed by atoms with E-state index in [0.29, 0.717) is 18.2 Å². The molecule has 5 heteroatoms. The molecule has 1 atom stereocenters. The number of hydrogen-bond acceptors (Lipinski definition) is 5. The summed E-state index contributed by atoms with van der Waals surface area (Å²) in [5.74, 6) is 6.43. The van der Waals surface area contributed by atoms with Crippen LogP contribution in [0.15, 0.2) is 12.3 Å². The third kappa shape index (κ3) is 2.81. The van der Waals surface area contributed by atoms with E-state index in [1.54, 1.807) is 20.4 Å². The largest absolute Gasteiger partial charge is 0.495 e. The number of nitrogens with zero attached hydrogens (tertiary/aromatic N) is 1. The van der Waals surface area contributed by atoms with E-state index in [0.717, 1.165) is 5.56 Å². The SMILES string of the molecule is COc1cc(C(C)CON)c(OC)cn1. The molecule has 0 spiro atoms. The van der Waals surface area contributed by atoms with Crippen molar-refractivity contribution in [1.82, 2.24) is 4.98 Å². The molecule has 1 heterocycles. The maximum absolute atomic E-state index is 5.20. The summed E-state index contributed by atoms with van der Waals surface area (Å²) >= 11 is 0. The van der Waals surface area contributed by atoms with Crippen LogP contribution < -0.4 is 15.4 Å². The van der Waals surface area contributed by atoms with Crippen molar-refractivity contribution in [2.45, 2.75) is 12.8 Å². The molecule has 0 fully saturated rings. The Morgan fingerprint density at radius 1 is 1.40 bits per heavy atom. The monoisotopic (exact) mass is 212 g/mol. The third-order valence-corrected chi connectivity index (χ3v) is 2.18. The Bertz CT molecular complexity index is 318. The number of aromatic nitrogens is 1. The zero-order valence-corrected chi connectivity index (χ0v) is 9.19. The molecule has 0 saturated heterocycles. The van der Waals surface area contributed by atoms with E-state index in [4.69, 9.17) is 15.4 Å². The van der Waals surface area contributed by atoms with Gasteiger partial charge in [0.05, 0.1) is 27.0 Å². The second-order valence-corrected chi connectivity index (χ2v) is 3.20. The summed E-state index contributed by atoms with van der Waals surface area (Å²) in [5.41, 5.74) is 0.967. The van der Waals surface area contributed by atoms with Crippen molar-refractivity contribution in [3.8, 4) is 11.6 Å². The molecule has 0 amide bonds. The van der Waals surface area contributed by atoms with Crippen LogP contribution in [-0.4, -0.2) is 25.8 Å². The van der Waals surface area contributed by atoms with Gasteiger partial charge in [-0.05, 0) is 0 Å². The molecule has 1 aromatic rings. The Labute approximate surface area is 89.1 Å². The van der Waals surface area contributed by atoms with Gasteiger partial charge in [0.25, 0.3) is 0 Å². The van der Waals surface area contributed by atoms with Gasteiger partial charge in [-0.2, -0.15) is 0 Å². The Morgan fingerprint density at radius 2 is 2.13 bits per heavy atom. The Balaban J connectivity index is 3.00. The summed E-state index contributed by atoms with van der Waals surface area (Å²) in [4.78, 5) is 8.67. The van der Waals surface area contributed by atoms with E-state index >= 15 is 0 Å². The molecule has 0 aromatic carbocycles. The van der Waals surface area contributed by atoms with Gasteiger partial charge in [0, 0.05) is 17.5 Å². The molecule has 15 heavy (non-hydrogen) atoms. The summed E-state index contributed by atoms with van der Waals surface area (Å²) in [7, 11) is 3.17. The highest BCUT2D eigenvalue weighted by atomic mass is 16.6. The molecule has 0 aliphatic heterocycles. The van der Waals surface area contributed by atoms with Gasteiger partial charge in [0.2, 0.25) is 5.88 Å². The van der Waals surface area contributed by atoms with Crippen LogP contribution in [0.1, 0.15) is 18.4 Å². The van der Waals surface area contributed by atoms with Gasteiger partial charge in [-0.1, -0.05) is 6.92 Å². The standard InChI is InChI=1S/C10H16N2O3/c1-7(6-15-11)8-4-10(14-3)12-5-9(8)13-2/h4-5,7H,6,11H2,1-3H3. The summed E-state index contributed by atoms with van der Waals surface area (Å²) in [5, 5.41) is 0. The number of nitrogens with two attached hydrogens (primary N) is 1. The van der Waals surface area contributed by atoms with Crippen molar-refractivity contribution in [3.63, 3.8) is 0 Å². The second-order valence-electron chi connectivity index (χ2n) is 3.20. The lowest BCUT2D eigenvalue weighted by Gasteiger charge is -2.14. The number of methoxy groups -OCH3 is 2. The highest BCUT2D eigenvalue weighted by Crippen LogP contribution is 2.28. The molecular formula is C10H16N2O3. The highest BCUT2D eigenvalue weighted by Gasteiger charge is 2.13. The van der Waals surface area contributed by atoms with Crippen LogP contribution >= 0.6 is 0 Å². The molecule has 2 N–H and O–H groups in total. The lowest BCUT2D eigenvalue weighted by Crippen LogP contribution is -2.10. The van der Waals surface area contributed by atoms with Crippen molar-refractivity contribution in [2.75, 3.05) is 20.8 Å². The normalized spacial score (nSPS) is 12.3. The van der Waals surface area contributed by atoms with E-state index in [1.807, 2.05) is 13.0 Å². The van der Waals surface area contributed by atoms with Crippen LogP contribution in [-0.2, 0) is 4.84 Å². The van der Waals surface area contributed by atoms with Crippen molar-refractivity contribution in [3.05, 3.63) is 17.8 Å². The minimum atomic E-state index is 0.127. The summed E-state index contributed by atoms with van der Waals surface area (Å²) in [6, 6.07) is 1.82. The summed E-state index contributed by atoms with van der Waals surface area (Å²) in [6.07, 6.45) is 1.63.